The summed E-state index contributed by atoms with van der Waals surface area (Å²) in [6, 6.07) is 15.5. The summed E-state index contributed by atoms with van der Waals surface area (Å²) in [5, 5.41) is 14.1. The van der Waals surface area contributed by atoms with Crippen molar-refractivity contribution in [2.45, 2.75) is 0 Å². The number of para-hydroxylation sites is 1. The van der Waals surface area contributed by atoms with E-state index in [1.165, 1.54) is 10.9 Å². The van der Waals surface area contributed by atoms with Crippen molar-refractivity contribution in [1.82, 2.24) is 20.6 Å². The molecular weight excluding hydrogens is 376 g/mol. The molecule has 0 radical (unpaired) electrons. The maximum Gasteiger partial charge on any atom is 0.294 e. The van der Waals surface area contributed by atoms with E-state index in [0.29, 0.717) is 30.2 Å². The van der Waals surface area contributed by atoms with E-state index in [9.17, 15) is 14.7 Å². The number of nitrogens with one attached hydrogen (secondary N) is 2. The van der Waals surface area contributed by atoms with Gasteiger partial charge in [0.25, 0.3) is 11.8 Å². The lowest BCUT2D eigenvalue weighted by Crippen LogP contribution is -2.41. The molecule has 1 heterocycles. The molecule has 2 amide bonds. The first-order valence-electron chi connectivity index (χ1n) is 8.75. The quantitative estimate of drug-likeness (QED) is 0.414. The number of benzene rings is 2. The zero-order valence-corrected chi connectivity index (χ0v) is 15.7. The third-order valence-corrected chi connectivity index (χ3v) is 3.87. The number of hydrazine groups is 1. The number of rotatable bonds is 7. The average molecular weight is 396 g/mol. The summed E-state index contributed by atoms with van der Waals surface area (Å²) in [7, 11) is 1.57. The lowest BCUT2D eigenvalue weighted by molar-refractivity contribution is 0.0841. The summed E-state index contributed by atoms with van der Waals surface area (Å²) in [6.45, 7) is 0.771. The molecule has 0 bridgehead atoms. The highest BCUT2D eigenvalue weighted by Crippen LogP contribution is 2.18. The van der Waals surface area contributed by atoms with Crippen LogP contribution in [0.15, 0.2) is 60.8 Å². The zero-order valence-electron chi connectivity index (χ0n) is 15.7. The topological polar surface area (TPSA) is 115 Å². The summed E-state index contributed by atoms with van der Waals surface area (Å²) in [5.74, 6) is -1.11. The van der Waals surface area contributed by atoms with Gasteiger partial charge >= 0.3 is 0 Å². The minimum atomic E-state index is -0.752. The fourth-order valence-electron chi connectivity index (χ4n) is 2.45. The van der Waals surface area contributed by atoms with E-state index in [1.54, 1.807) is 55.6 Å². The second-order valence-electron chi connectivity index (χ2n) is 5.92. The van der Waals surface area contributed by atoms with Crippen molar-refractivity contribution in [2.75, 3.05) is 20.3 Å². The van der Waals surface area contributed by atoms with Crippen LogP contribution in [0, 0.1) is 0 Å². The van der Waals surface area contributed by atoms with Crippen molar-refractivity contribution in [3.63, 3.8) is 0 Å². The summed E-state index contributed by atoms with van der Waals surface area (Å²) >= 11 is 0. The molecule has 3 aromatic rings. The van der Waals surface area contributed by atoms with E-state index < -0.39 is 11.8 Å². The summed E-state index contributed by atoms with van der Waals surface area (Å²) in [5.41, 5.74) is 5.28. The van der Waals surface area contributed by atoms with E-state index in [2.05, 4.69) is 16.0 Å². The Morgan fingerprint density at radius 2 is 1.79 bits per heavy atom. The molecule has 0 saturated heterocycles. The standard InChI is InChI=1S/C20H20N4O5/c1-28-10-11-29-16-9-5-6-14(12-16)19(26)21-22-20(27)18-17(25)13-24(23-18)15-7-3-2-4-8-15/h2-9,12-13,25H,10-11H2,1H3,(H,21,26)(H,22,27). The highest BCUT2D eigenvalue weighted by atomic mass is 16.5. The third-order valence-electron chi connectivity index (χ3n) is 3.87. The first-order chi connectivity index (χ1) is 14.1. The number of amides is 2. The number of methoxy groups -OCH3 is 1. The maximum absolute atomic E-state index is 12.3. The van der Waals surface area contributed by atoms with Crippen LogP contribution in [0.5, 0.6) is 11.5 Å². The van der Waals surface area contributed by atoms with E-state index in [4.69, 9.17) is 9.47 Å². The number of carbonyl (C=O) groups is 2. The van der Waals surface area contributed by atoms with Gasteiger partial charge in [0.15, 0.2) is 11.4 Å². The molecule has 0 atom stereocenters. The Morgan fingerprint density at radius 3 is 2.55 bits per heavy atom. The molecule has 0 aliphatic rings. The van der Waals surface area contributed by atoms with Gasteiger partial charge in [-0.2, -0.15) is 5.10 Å². The van der Waals surface area contributed by atoms with Crippen molar-refractivity contribution in [2.24, 2.45) is 0 Å². The van der Waals surface area contributed by atoms with E-state index >= 15 is 0 Å². The van der Waals surface area contributed by atoms with E-state index in [1.807, 2.05) is 6.07 Å². The lowest BCUT2D eigenvalue weighted by Gasteiger charge is -2.09. The predicted molar refractivity (Wildman–Crippen MR) is 104 cm³/mol. The average Bonchev–Trinajstić information content (AvgIpc) is 3.14. The number of aromatic nitrogens is 2. The van der Waals surface area contributed by atoms with Gasteiger partial charge in [0.1, 0.15) is 12.4 Å². The Labute approximate surface area is 166 Å². The van der Waals surface area contributed by atoms with Gasteiger partial charge in [-0.3, -0.25) is 20.4 Å². The SMILES string of the molecule is COCCOc1cccc(C(=O)NNC(=O)c2nn(-c3ccccc3)cc2O)c1. The van der Waals surface area contributed by atoms with Crippen LogP contribution in [0.1, 0.15) is 20.8 Å². The molecule has 150 valence electrons. The van der Waals surface area contributed by atoms with Crippen LogP contribution in [0.4, 0.5) is 0 Å². The molecule has 0 aliphatic carbocycles. The van der Waals surface area contributed by atoms with Gasteiger partial charge in [0.05, 0.1) is 18.5 Å². The zero-order chi connectivity index (χ0) is 20.6. The van der Waals surface area contributed by atoms with E-state index in [-0.39, 0.29) is 11.4 Å². The summed E-state index contributed by atoms with van der Waals surface area (Å²) in [6.07, 6.45) is 1.31. The molecule has 2 aromatic carbocycles. The second-order valence-corrected chi connectivity index (χ2v) is 5.92. The van der Waals surface area contributed by atoms with Crippen molar-refractivity contribution < 1.29 is 24.2 Å². The van der Waals surface area contributed by atoms with Gasteiger partial charge in [-0.05, 0) is 30.3 Å². The highest BCUT2D eigenvalue weighted by molar-refractivity contribution is 5.99. The first kappa shape index (κ1) is 19.9. The van der Waals surface area contributed by atoms with Crippen LogP contribution < -0.4 is 15.6 Å². The molecule has 0 unspecified atom stereocenters. The van der Waals surface area contributed by atoms with Crippen LogP contribution in [0.3, 0.4) is 0 Å². The smallest absolute Gasteiger partial charge is 0.294 e. The summed E-state index contributed by atoms with van der Waals surface area (Å²) in [4.78, 5) is 24.6. The van der Waals surface area contributed by atoms with Crippen LogP contribution in [0.25, 0.3) is 5.69 Å². The third kappa shape index (κ3) is 5.11. The Kier molecular flexibility index (Phi) is 6.43. The fourth-order valence-corrected chi connectivity index (χ4v) is 2.45. The first-order valence-corrected chi connectivity index (χ1v) is 8.75. The molecule has 3 N–H and O–H groups in total. The number of nitrogens with zero attached hydrogens (tertiary/aromatic N) is 2. The highest BCUT2D eigenvalue weighted by Gasteiger charge is 2.18. The van der Waals surface area contributed by atoms with Gasteiger partial charge in [-0.15, -0.1) is 0 Å². The molecule has 0 fully saturated rings. The Bertz CT molecular complexity index is 988. The van der Waals surface area contributed by atoms with Crippen LogP contribution in [-0.4, -0.2) is 47.0 Å². The van der Waals surface area contributed by atoms with Crippen molar-refractivity contribution in [1.29, 1.82) is 0 Å². The van der Waals surface area contributed by atoms with Crippen molar-refractivity contribution in [3.8, 4) is 17.2 Å². The van der Waals surface area contributed by atoms with Gasteiger partial charge in [0.2, 0.25) is 0 Å². The minimum absolute atomic E-state index is 0.217. The Hall–Kier alpha value is -3.85. The molecule has 9 nitrogen and oxygen atoms in total. The number of aromatic hydroxyl groups is 1. The van der Waals surface area contributed by atoms with Crippen LogP contribution in [-0.2, 0) is 4.74 Å². The predicted octanol–water partition coefficient (Wildman–Crippen LogP) is 1.68. The molecule has 0 saturated carbocycles. The Balaban J connectivity index is 1.61. The number of ether oxygens (including phenoxy) is 2. The molecule has 3 rings (SSSR count). The molecule has 0 aliphatic heterocycles. The number of hydrogen-bond donors (Lipinski definition) is 3. The molecule has 1 aromatic heterocycles. The van der Waals surface area contributed by atoms with Gasteiger partial charge < -0.3 is 14.6 Å². The van der Waals surface area contributed by atoms with Crippen molar-refractivity contribution >= 4 is 11.8 Å². The van der Waals surface area contributed by atoms with Crippen molar-refractivity contribution in [3.05, 3.63) is 72.1 Å². The summed E-state index contributed by atoms with van der Waals surface area (Å²) < 4.78 is 11.7. The number of carbonyl (C=O) groups excluding carboxylic acids is 2. The molecular formula is C20H20N4O5. The van der Waals surface area contributed by atoms with Crippen LogP contribution in [0.2, 0.25) is 0 Å². The van der Waals surface area contributed by atoms with Crippen LogP contribution >= 0.6 is 0 Å². The monoisotopic (exact) mass is 396 g/mol. The molecule has 0 spiro atoms. The number of hydrogen-bond acceptors (Lipinski definition) is 6. The molecule has 9 heteroatoms. The molecule has 29 heavy (non-hydrogen) atoms. The largest absolute Gasteiger partial charge is 0.504 e. The lowest BCUT2D eigenvalue weighted by atomic mass is 10.2. The van der Waals surface area contributed by atoms with E-state index in [0.717, 1.165) is 0 Å². The van der Waals surface area contributed by atoms with Gasteiger partial charge in [0, 0.05) is 12.7 Å². The normalized spacial score (nSPS) is 10.4. The van der Waals surface area contributed by atoms with Gasteiger partial charge in [-0.25, -0.2) is 4.68 Å². The second kappa shape index (κ2) is 9.38. The minimum Gasteiger partial charge on any atom is -0.504 e. The van der Waals surface area contributed by atoms with Gasteiger partial charge in [-0.1, -0.05) is 24.3 Å². The Morgan fingerprint density at radius 1 is 1.03 bits per heavy atom. The maximum atomic E-state index is 12.3. The fraction of sp³-hybridized carbons (Fsp3) is 0.150.